The number of hydrogen-bond donors (Lipinski definition) is 0. The van der Waals surface area contributed by atoms with Gasteiger partial charge in [-0.1, -0.05) is 18.2 Å². The summed E-state index contributed by atoms with van der Waals surface area (Å²) >= 11 is 0. The van der Waals surface area contributed by atoms with Crippen LogP contribution in [0.5, 0.6) is 5.75 Å². The van der Waals surface area contributed by atoms with Crippen molar-refractivity contribution in [3.05, 3.63) is 48.0 Å². The van der Waals surface area contributed by atoms with Crippen LogP contribution in [0.1, 0.15) is 43.6 Å². The molecule has 1 aliphatic carbocycles. The van der Waals surface area contributed by atoms with E-state index in [-0.39, 0.29) is 6.10 Å². The quantitative estimate of drug-likeness (QED) is 0.484. The minimum absolute atomic E-state index is 0.280. The predicted octanol–water partition coefficient (Wildman–Crippen LogP) is 4.60. The zero-order chi connectivity index (χ0) is 20.5. The molecule has 3 heterocycles. The first-order chi connectivity index (χ1) is 14.5. The summed E-state index contributed by atoms with van der Waals surface area (Å²) in [6.45, 7) is 1.98. The van der Waals surface area contributed by atoms with E-state index in [0.717, 1.165) is 60.3 Å². The molecule has 30 heavy (non-hydrogen) atoms. The van der Waals surface area contributed by atoms with Crippen molar-refractivity contribution in [2.75, 3.05) is 20.1 Å². The predicted molar refractivity (Wildman–Crippen MR) is 118 cm³/mol. The van der Waals surface area contributed by atoms with E-state index >= 15 is 0 Å². The van der Waals surface area contributed by atoms with Crippen LogP contribution >= 0.6 is 0 Å². The van der Waals surface area contributed by atoms with Crippen LogP contribution in [-0.4, -0.2) is 43.5 Å². The van der Waals surface area contributed by atoms with E-state index in [0.29, 0.717) is 10.8 Å². The van der Waals surface area contributed by atoms with E-state index < -0.39 is 10.0 Å². The Morgan fingerprint density at radius 1 is 1.03 bits per heavy atom. The van der Waals surface area contributed by atoms with Gasteiger partial charge < -0.3 is 9.64 Å². The van der Waals surface area contributed by atoms with Gasteiger partial charge in [0, 0.05) is 23.4 Å². The van der Waals surface area contributed by atoms with Crippen LogP contribution in [0, 0.1) is 0 Å². The van der Waals surface area contributed by atoms with Gasteiger partial charge in [0.05, 0.1) is 22.2 Å². The van der Waals surface area contributed by atoms with Crippen molar-refractivity contribution in [3.63, 3.8) is 0 Å². The number of hydrogen-bond acceptors (Lipinski definition) is 4. The Morgan fingerprint density at radius 2 is 1.83 bits per heavy atom. The number of ether oxygens (including phenoxy) is 1. The van der Waals surface area contributed by atoms with Crippen LogP contribution in [0.15, 0.2) is 47.4 Å². The summed E-state index contributed by atoms with van der Waals surface area (Å²) in [5.41, 5.74) is 3.62. The van der Waals surface area contributed by atoms with Crippen molar-refractivity contribution >= 4 is 20.9 Å². The Balaban J connectivity index is 1.60. The van der Waals surface area contributed by atoms with Gasteiger partial charge in [-0.15, -0.1) is 0 Å². The molecular formula is C24H26N2O3S. The van der Waals surface area contributed by atoms with E-state index in [1.165, 1.54) is 18.4 Å². The van der Waals surface area contributed by atoms with E-state index in [9.17, 15) is 8.42 Å². The van der Waals surface area contributed by atoms with Crippen molar-refractivity contribution in [1.29, 1.82) is 0 Å². The average Bonchev–Trinajstić information content (AvgIpc) is 3.49. The van der Waals surface area contributed by atoms with Crippen LogP contribution in [0.4, 0.5) is 0 Å². The Kier molecular flexibility index (Phi) is 4.06. The molecule has 0 N–H and O–H groups in total. The zero-order valence-electron chi connectivity index (χ0n) is 17.2. The lowest BCUT2D eigenvalue weighted by molar-refractivity contribution is 0.210. The molecule has 2 fully saturated rings. The van der Waals surface area contributed by atoms with Crippen LogP contribution < -0.4 is 4.74 Å². The smallest absolute Gasteiger partial charge is 0.269 e. The molecule has 6 heteroatoms. The first-order valence-electron chi connectivity index (χ1n) is 10.9. The normalized spacial score (nSPS) is 23.2. The summed E-state index contributed by atoms with van der Waals surface area (Å²) < 4.78 is 34.8. The van der Waals surface area contributed by atoms with Gasteiger partial charge in [-0.25, -0.2) is 12.4 Å². The molecule has 3 aromatic rings. The van der Waals surface area contributed by atoms with E-state index in [2.05, 4.69) is 18.0 Å². The third-order valence-corrected chi connectivity index (χ3v) is 8.77. The molecule has 1 saturated carbocycles. The molecule has 2 aliphatic heterocycles. The molecule has 3 aliphatic rings. The van der Waals surface area contributed by atoms with Crippen molar-refractivity contribution in [2.45, 2.75) is 49.0 Å². The zero-order valence-corrected chi connectivity index (χ0v) is 18.0. The first kappa shape index (κ1) is 18.5. The summed E-state index contributed by atoms with van der Waals surface area (Å²) in [6, 6.07) is 13.4. The maximum atomic E-state index is 13.5. The van der Waals surface area contributed by atoms with Crippen LogP contribution in [-0.2, 0) is 10.0 Å². The highest BCUT2D eigenvalue weighted by molar-refractivity contribution is 7.90. The lowest BCUT2D eigenvalue weighted by atomic mass is 9.92. The number of aromatic nitrogens is 1. The topological polar surface area (TPSA) is 51.5 Å². The Hall–Kier alpha value is -2.31. The van der Waals surface area contributed by atoms with Crippen molar-refractivity contribution in [3.8, 4) is 17.0 Å². The van der Waals surface area contributed by atoms with Crippen LogP contribution in [0.25, 0.3) is 22.2 Å². The molecule has 2 aromatic carbocycles. The highest BCUT2D eigenvalue weighted by Crippen LogP contribution is 2.49. The Morgan fingerprint density at radius 3 is 2.60 bits per heavy atom. The molecule has 0 amide bonds. The van der Waals surface area contributed by atoms with Gasteiger partial charge in [-0.3, -0.25) is 0 Å². The maximum absolute atomic E-state index is 13.5. The molecule has 156 valence electrons. The summed E-state index contributed by atoms with van der Waals surface area (Å²) in [4.78, 5) is 2.75. The molecule has 1 unspecified atom stereocenters. The van der Waals surface area contributed by atoms with Gasteiger partial charge in [0.25, 0.3) is 10.0 Å². The monoisotopic (exact) mass is 422 g/mol. The second-order valence-corrected chi connectivity index (χ2v) is 10.7. The molecule has 6 rings (SSSR count). The third kappa shape index (κ3) is 2.59. The number of rotatable bonds is 3. The summed E-state index contributed by atoms with van der Waals surface area (Å²) in [6.07, 6.45) is 5.98. The number of fused-ring (bicyclic) bond motifs is 5. The summed E-state index contributed by atoms with van der Waals surface area (Å²) in [7, 11) is -1.45. The highest BCUT2D eigenvalue weighted by atomic mass is 32.2. The van der Waals surface area contributed by atoms with Crippen molar-refractivity contribution in [2.24, 2.45) is 0 Å². The van der Waals surface area contributed by atoms with Gasteiger partial charge in [0.2, 0.25) is 0 Å². The molecule has 1 atom stereocenters. The number of likely N-dealkylation sites (tertiary alicyclic amines) is 1. The van der Waals surface area contributed by atoms with Gasteiger partial charge in [-0.05, 0) is 75.5 Å². The summed E-state index contributed by atoms with van der Waals surface area (Å²) in [5, 5.41) is 1.03. The SMILES string of the molecule is CN1CCC(c2c3n(c4ccc(OC5CCCC5)cc24)S(=O)(=O)c2ccccc2-3)C1. The van der Waals surface area contributed by atoms with Crippen LogP contribution in [0.3, 0.4) is 0 Å². The number of benzene rings is 2. The standard InChI is InChI=1S/C24H26N2O3S/c1-25-13-12-16(15-25)23-20-14-18(29-17-6-2-3-7-17)10-11-21(20)26-24(23)19-8-4-5-9-22(19)30(26,27)28/h4-5,8-11,14,16-17H,2-3,6-7,12-13,15H2,1H3. The largest absolute Gasteiger partial charge is 0.490 e. The number of nitrogens with zero attached hydrogens (tertiary/aromatic N) is 2. The Bertz CT molecular complexity index is 1250. The average molecular weight is 423 g/mol. The fourth-order valence-electron chi connectivity index (χ4n) is 5.61. The fraction of sp³-hybridized carbons (Fsp3) is 0.417. The van der Waals surface area contributed by atoms with Crippen molar-refractivity contribution in [1.82, 2.24) is 8.87 Å². The molecule has 0 radical (unpaired) electrons. The molecule has 5 nitrogen and oxygen atoms in total. The molecule has 0 bridgehead atoms. The molecule has 0 spiro atoms. The molecular weight excluding hydrogens is 396 g/mol. The minimum atomic E-state index is -3.59. The van der Waals surface area contributed by atoms with E-state index in [1.54, 1.807) is 10.0 Å². The third-order valence-electron chi connectivity index (χ3n) is 7.00. The fourth-order valence-corrected chi connectivity index (χ4v) is 7.36. The first-order valence-corrected chi connectivity index (χ1v) is 12.4. The molecule has 1 aromatic heterocycles. The second-order valence-electron chi connectivity index (χ2n) is 8.98. The summed E-state index contributed by atoms with van der Waals surface area (Å²) in [5.74, 6) is 1.17. The van der Waals surface area contributed by atoms with E-state index in [1.807, 2.05) is 30.3 Å². The highest BCUT2D eigenvalue weighted by Gasteiger charge is 2.39. The number of likely N-dealkylation sites (N-methyl/N-ethyl adjacent to an activating group) is 1. The van der Waals surface area contributed by atoms with Gasteiger partial charge in [0.1, 0.15) is 5.75 Å². The van der Waals surface area contributed by atoms with Gasteiger partial charge in [-0.2, -0.15) is 0 Å². The lowest BCUT2D eigenvalue weighted by Gasteiger charge is -2.15. The van der Waals surface area contributed by atoms with Crippen LogP contribution in [0.2, 0.25) is 0 Å². The second kappa shape index (κ2) is 6.59. The van der Waals surface area contributed by atoms with Crippen molar-refractivity contribution < 1.29 is 13.2 Å². The minimum Gasteiger partial charge on any atom is -0.490 e. The lowest BCUT2D eigenvalue weighted by Crippen LogP contribution is -2.13. The Labute approximate surface area is 177 Å². The van der Waals surface area contributed by atoms with E-state index in [4.69, 9.17) is 4.74 Å². The maximum Gasteiger partial charge on any atom is 0.269 e. The van der Waals surface area contributed by atoms with Gasteiger partial charge >= 0.3 is 0 Å². The molecule has 1 saturated heterocycles. The van der Waals surface area contributed by atoms with Gasteiger partial charge in [0.15, 0.2) is 0 Å².